The van der Waals surface area contributed by atoms with Gasteiger partial charge in [-0.05, 0) is 0 Å². The molecule has 0 aliphatic heterocycles. The molecule has 0 fully saturated rings. The summed E-state index contributed by atoms with van der Waals surface area (Å²) in [5.74, 6) is 0. The van der Waals surface area contributed by atoms with E-state index in [1.54, 1.807) is 0 Å². The van der Waals surface area contributed by atoms with Gasteiger partial charge in [-0.25, -0.2) is 0 Å². The molecule has 0 heterocycles. The Labute approximate surface area is 63.9 Å². The monoisotopic (exact) mass is 188 g/mol. The molecule has 2 N–H and O–H groups in total. The fraction of sp³-hybridized carbons (Fsp3) is 0. The van der Waals surface area contributed by atoms with Crippen molar-refractivity contribution in [3.8, 4) is 0 Å². The molecule has 0 amide bonds. The van der Waals surface area contributed by atoms with Crippen LogP contribution in [0, 0.1) is 0 Å². The molecule has 0 unspecified atom stereocenters. The number of hydrogen-bond acceptors (Lipinski definition) is 3. The molecular weight excluding hydrogens is 185 g/mol. The predicted octanol–water partition coefficient (Wildman–Crippen LogP) is -1.74. The number of hydrogen-bond donors (Lipinski definition) is 1. The minimum absolute atomic E-state index is 0. The van der Waals surface area contributed by atoms with E-state index in [4.69, 9.17) is 10.5 Å². The van der Waals surface area contributed by atoms with E-state index in [1.807, 2.05) is 0 Å². The van der Waals surface area contributed by atoms with Gasteiger partial charge in [0.1, 0.15) is 0 Å². The van der Waals surface area contributed by atoms with Crippen LogP contribution in [0.1, 0.15) is 0 Å². The maximum Gasteiger partial charge on any atom is 2.00 e. The minimum Gasteiger partial charge on any atom is -0.870 e. The Balaban J connectivity index is -0.00000000500. The summed E-state index contributed by atoms with van der Waals surface area (Å²) >= 11 is 0. The van der Waals surface area contributed by atoms with Crippen LogP contribution in [0.5, 0.6) is 0 Å². The van der Waals surface area contributed by atoms with Crippen molar-refractivity contribution >= 4 is 48.9 Å². The Kier molecular flexibility index (Phi) is 113. The summed E-state index contributed by atoms with van der Waals surface area (Å²) in [4.78, 5) is 0. The van der Waals surface area contributed by atoms with E-state index in [0.717, 1.165) is 0 Å². The van der Waals surface area contributed by atoms with E-state index in [1.165, 1.54) is 0 Å². The molecule has 0 aliphatic rings. The molecule has 0 aliphatic carbocycles. The van der Waals surface area contributed by atoms with Gasteiger partial charge in [0.05, 0.1) is 0 Å². The van der Waals surface area contributed by atoms with Crippen LogP contribution in [-0.2, 0) is 0 Å². The molecule has 0 bridgehead atoms. The Hall–Kier alpha value is 1.45. The standard InChI is InChI=1S/Ba.H2O2.H2O/c;1-2;/h;1-2H;1H2/q+2;;/p-2. The molecular formula is H2BaO3. The van der Waals surface area contributed by atoms with Crippen molar-refractivity contribution in [1.82, 2.24) is 0 Å². The van der Waals surface area contributed by atoms with Crippen LogP contribution in [-0.4, -0.2) is 59.6 Å². The zero-order chi connectivity index (χ0) is 2.00. The van der Waals surface area contributed by atoms with E-state index in [2.05, 4.69) is 0 Å². The Morgan fingerprint density at radius 2 is 1.25 bits per heavy atom. The summed E-state index contributed by atoms with van der Waals surface area (Å²) in [6, 6.07) is 0. The SMILES string of the molecule is [Ba+2].[O-]O.[OH-]. The molecule has 4 heteroatoms. The summed E-state index contributed by atoms with van der Waals surface area (Å²) in [5.41, 5.74) is 0. The first-order chi connectivity index (χ1) is 1.00. The van der Waals surface area contributed by atoms with Gasteiger partial charge in [0, 0.05) is 0 Å². The molecule has 22 valence electrons. The second kappa shape index (κ2) is 25.2. The molecule has 0 atom stereocenters. The van der Waals surface area contributed by atoms with E-state index in [-0.39, 0.29) is 54.4 Å². The molecule has 0 aromatic rings. The molecule has 0 aromatic heterocycles. The van der Waals surface area contributed by atoms with Gasteiger partial charge < -0.3 is 16.0 Å². The van der Waals surface area contributed by atoms with Gasteiger partial charge in [0.15, 0.2) is 0 Å². The van der Waals surface area contributed by atoms with Crippen molar-refractivity contribution in [2.24, 2.45) is 0 Å². The normalized spacial score (nSPS) is 1.50. The summed E-state index contributed by atoms with van der Waals surface area (Å²) in [7, 11) is 0. The quantitative estimate of drug-likeness (QED) is 0.278. The predicted molar refractivity (Wildman–Crippen MR) is 10.3 cm³/mol. The average Bonchev–Trinajstić information content (AvgIpc) is 1.00. The third kappa shape index (κ3) is 9.85. The van der Waals surface area contributed by atoms with E-state index in [9.17, 15) is 0 Å². The zero-order valence-electron chi connectivity index (χ0n) is 2.01. The van der Waals surface area contributed by atoms with Gasteiger partial charge in [-0.15, -0.1) is 0 Å². The Morgan fingerprint density at radius 3 is 1.25 bits per heavy atom. The Bertz CT molecular complexity index is 3.25. The molecule has 0 spiro atoms. The maximum absolute atomic E-state index is 7.25. The summed E-state index contributed by atoms with van der Waals surface area (Å²) in [6.45, 7) is 0. The van der Waals surface area contributed by atoms with Crippen molar-refractivity contribution in [3.63, 3.8) is 0 Å². The van der Waals surface area contributed by atoms with Crippen molar-refractivity contribution in [2.75, 3.05) is 0 Å². The fourth-order valence-corrected chi connectivity index (χ4v) is 0. The molecule has 3 nitrogen and oxygen atoms in total. The first kappa shape index (κ1) is 18.0. The topological polar surface area (TPSA) is 73.3 Å². The van der Waals surface area contributed by atoms with E-state index < -0.39 is 0 Å². The number of rotatable bonds is 0. The average molecular weight is 187 g/mol. The van der Waals surface area contributed by atoms with Gasteiger partial charge in [-0.2, -0.15) is 0 Å². The van der Waals surface area contributed by atoms with Gasteiger partial charge in [-0.1, -0.05) is 0 Å². The van der Waals surface area contributed by atoms with Crippen LogP contribution >= 0.6 is 0 Å². The van der Waals surface area contributed by atoms with Crippen LogP contribution in [0.15, 0.2) is 0 Å². The van der Waals surface area contributed by atoms with Crippen LogP contribution in [0.2, 0.25) is 0 Å². The second-order valence-corrected chi connectivity index (χ2v) is 0. The van der Waals surface area contributed by atoms with Gasteiger partial charge in [0.25, 0.3) is 0 Å². The Morgan fingerprint density at radius 1 is 1.25 bits per heavy atom. The maximum atomic E-state index is 7.25. The van der Waals surface area contributed by atoms with E-state index >= 15 is 0 Å². The van der Waals surface area contributed by atoms with Crippen molar-refractivity contribution in [3.05, 3.63) is 0 Å². The first-order valence-corrected chi connectivity index (χ1v) is 0.183. The minimum atomic E-state index is 0. The van der Waals surface area contributed by atoms with Crippen LogP contribution in [0.4, 0.5) is 0 Å². The van der Waals surface area contributed by atoms with Crippen LogP contribution in [0.25, 0.3) is 0 Å². The smallest absolute Gasteiger partial charge is 0.870 e. The molecule has 0 radical (unpaired) electrons. The molecule has 0 saturated heterocycles. The first-order valence-electron chi connectivity index (χ1n) is 0.183. The van der Waals surface area contributed by atoms with Gasteiger partial charge >= 0.3 is 48.9 Å². The summed E-state index contributed by atoms with van der Waals surface area (Å²) in [5, 5.41) is 13.0. The summed E-state index contributed by atoms with van der Waals surface area (Å²) in [6.07, 6.45) is 0. The molecule has 0 saturated carbocycles. The largest absolute Gasteiger partial charge is 2.00 e. The van der Waals surface area contributed by atoms with Crippen molar-refractivity contribution in [1.29, 1.82) is 0 Å². The van der Waals surface area contributed by atoms with Gasteiger partial charge in [-0.3, -0.25) is 0 Å². The summed E-state index contributed by atoms with van der Waals surface area (Å²) < 4.78 is 0. The van der Waals surface area contributed by atoms with Crippen molar-refractivity contribution in [2.45, 2.75) is 0 Å². The second-order valence-electron chi connectivity index (χ2n) is 0. The third-order valence-corrected chi connectivity index (χ3v) is 0. The van der Waals surface area contributed by atoms with Crippen molar-refractivity contribution < 1.29 is 16.0 Å². The van der Waals surface area contributed by atoms with Crippen LogP contribution < -0.4 is 5.26 Å². The van der Waals surface area contributed by atoms with E-state index in [0.29, 0.717) is 0 Å². The fourth-order valence-electron chi connectivity index (χ4n) is 0. The zero-order valence-corrected chi connectivity index (χ0v) is 6.45. The molecule has 4 heavy (non-hydrogen) atoms. The third-order valence-electron chi connectivity index (χ3n) is 0. The van der Waals surface area contributed by atoms with Crippen LogP contribution in [0.3, 0.4) is 0 Å². The van der Waals surface area contributed by atoms with Gasteiger partial charge in [0.2, 0.25) is 0 Å². The molecule has 0 rings (SSSR count). The molecule has 0 aromatic carbocycles.